The van der Waals surface area contributed by atoms with Gasteiger partial charge in [-0.3, -0.25) is 0 Å². The Balaban J connectivity index is 1.89. The molecule has 25 heavy (non-hydrogen) atoms. The van der Waals surface area contributed by atoms with E-state index in [1.165, 1.54) is 0 Å². The standard InChI is InChI=1S/C18H25FN2O4/c1-17(2,3)25-16(23)21-10-14-9-20-12-18(14,19)15(22)24-11-13-7-5-4-6-8-13/h4-8,14,20H,9-12H2,1-3H3,(H,21,23). The van der Waals surface area contributed by atoms with Crippen LogP contribution < -0.4 is 10.6 Å². The molecule has 1 heterocycles. The Morgan fingerprint density at radius 1 is 1.32 bits per heavy atom. The third-order valence-corrected chi connectivity index (χ3v) is 3.86. The fourth-order valence-corrected chi connectivity index (χ4v) is 2.57. The summed E-state index contributed by atoms with van der Waals surface area (Å²) >= 11 is 0. The monoisotopic (exact) mass is 352 g/mol. The summed E-state index contributed by atoms with van der Waals surface area (Å²) in [6.07, 6.45) is -0.639. The number of carbonyl (C=O) groups excluding carboxylic acids is 2. The van der Waals surface area contributed by atoms with Crippen LogP contribution in [-0.2, 0) is 20.9 Å². The minimum Gasteiger partial charge on any atom is -0.458 e. The van der Waals surface area contributed by atoms with Gasteiger partial charge in [0.1, 0.15) is 12.2 Å². The van der Waals surface area contributed by atoms with E-state index in [1.807, 2.05) is 18.2 Å². The van der Waals surface area contributed by atoms with Crippen LogP contribution >= 0.6 is 0 Å². The number of carbonyl (C=O) groups is 2. The largest absolute Gasteiger partial charge is 0.458 e. The van der Waals surface area contributed by atoms with Crippen molar-refractivity contribution in [1.82, 2.24) is 10.6 Å². The molecule has 1 aliphatic heterocycles. The van der Waals surface area contributed by atoms with E-state index in [4.69, 9.17) is 9.47 Å². The van der Waals surface area contributed by atoms with E-state index in [0.29, 0.717) is 0 Å². The second-order valence-electron chi connectivity index (χ2n) is 7.13. The van der Waals surface area contributed by atoms with Gasteiger partial charge in [-0.1, -0.05) is 30.3 Å². The van der Waals surface area contributed by atoms with Crippen molar-refractivity contribution < 1.29 is 23.5 Å². The molecular formula is C18H25FN2O4. The summed E-state index contributed by atoms with van der Waals surface area (Å²) in [5.74, 6) is -1.64. The molecule has 1 amide bonds. The number of esters is 1. The van der Waals surface area contributed by atoms with E-state index in [2.05, 4.69) is 10.6 Å². The van der Waals surface area contributed by atoms with Gasteiger partial charge in [0.2, 0.25) is 5.67 Å². The molecule has 2 N–H and O–H groups in total. The van der Waals surface area contributed by atoms with Gasteiger partial charge in [-0.05, 0) is 26.3 Å². The quantitative estimate of drug-likeness (QED) is 0.795. The van der Waals surface area contributed by atoms with E-state index in [-0.39, 0.29) is 26.2 Å². The number of hydrogen-bond acceptors (Lipinski definition) is 5. The molecule has 0 spiro atoms. The molecule has 138 valence electrons. The molecule has 1 fully saturated rings. The van der Waals surface area contributed by atoms with Crippen molar-refractivity contribution in [2.24, 2.45) is 5.92 Å². The van der Waals surface area contributed by atoms with Gasteiger partial charge in [0, 0.05) is 25.6 Å². The summed E-state index contributed by atoms with van der Waals surface area (Å²) in [5, 5.41) is 5.36. The van der Waals surface area contributed by atoms with Crippen molar-refractivity contribution in [2.45, 2.75) is 38.6 Å². The van der Waals surface area contributed by atoms with Crippen molar-refractivity contribution in [1.29, 1.82) is 0 Å². The van der Waals surface area contributed by atoms with Gasteiger partial charge >= 0.3 is 12.1 Å². The number of benzene rings is 1. The Kier molecular flexibility index (Phi) is 6.00. The lowest BCUT2D eigenvalue weighted by molar-refractivity contribution is -0.160. The number of alkyl halides is 1. The Morgan fingerprint density at radius 2 is 2.00 bits per heavy atom. The van der Waals surface area contributed by atoms with E-state index in [1.54, 1.807) is 32.9 Å². The highest BCUT2D eigenvalue weighted by Gasteiger charge is 2.51. The molecule has 0 saturated carbocycles. The molecule has 0 radical (unpaired) electrons. The van der Waals surface area contributed by atoms with Crippen molar-refractivity contribution >= 4 is 12.1 Å². The SMILES string of the molecule is CC(C)(C)OC(=O)NCC1CNCC1(F)C(=O)OCc1ccccc1. The Hall–Kier alpha value is -2.15. The van der Waals surface area contributed by atoms with Crippen molar-refractivity contribution in [3.63, 3.8) is 0 Å². The summed E-state index contributed by atoms with van der Waals surface area (Å²) in [6.45, 7) is 5.35. The molecule has 2 atom stereocenters. The van der Waals surface area contributed by atoms with E-state index in [9.17, 15) is 9.59 Å². The minimum atomic E-state index is -2.18. The zero-order valence-corrected chi connectivity index (χ0v) is 14.8. The molecule has 1 aromatic carbocycles. The van der Waals surface area contributed by atoms with Crippen LogP contribution in [0.3, 0.4) is 0 Å². The Morgan fingerprint density at radius 3 is 2.64 bits per heavy atom. The molecular weight excluding hydrogens is 327 g/mol. The van der Waals surface area contributed by atoms with Crippen molar-refractivity contribution in [3.8, 4) is 0 Å². The number of alkyl carbamates (subject to hydrolysis) is 1. The Bertz CT molecular complexity index is 603. The van der Waals surface area contributed by atoms with Crippen molar-refractivity contribution in [3.05, 3.63) is 35.9 Å². The van der Waals surface area contributed by atoms with Gasteiger partial charge in [-0.2, -0.15) is 0 Å². The first-order valence-corrected chi connectivity index (χ1v) is 8.28. The average molecular weight is 352 g/mol. The van der Waals surface area contributed by atoms with Gasteiger partial charge < -0.3 is 20.1 Å². The third-order valence-electron chi connectivity index (χ3n) is 3.86. The highest BCUT2D eigenvalue weighted by Crippen LogP contribution is 2.28. The molecule has 0 bridgehead atoms. The van der Waals surface area contributed by atoms with Crippen LogP contribution in [0.5, 0.6) is 0 Å². The molecule has 1 aromatic rings. The molecule has 2 rings (SSSR count). The summed E-state index contributed by atoms with van der Waals surface area (Å²) in [4.78, 5) is 24.0. The van der Waals surface area contributed by atoms with Gasteiger partial charge in [-0.15, -0.1) is 0 Å². The highest BCUT2D eigenvalue weighted by molar-refractivity contribution is 5.81. The Labute approximate surface area is 147 Å². The summed E-state index contributed by atoms with van der Waals surface area (Å²) in [5.41, 5.74) is -2.03. The fraction of sp³-hybridized carbons (Fsp3) is 0.556. The third kappa shape index (κ3) is 5.42. The minimum absolute atomic E-state index is 0.0115. The van der Waals surface area contributed by atoms with E-state index in [0.717, 1.165) is 5.56 Å². The van der Waals surface area contributed by atoms with Crippen LogP contribution in [0.4, 0.5) is 9.18 Å². The maximum Gasteiger partial charge on any atom is 0.407 e. The van der Waals surface area contributed by atoms with Crippen LogP contribution in [-0.4, -0.2) is 43.0 Å². The van der Waals surface area contributed by atoms with E-state index >= 15 is 4.39 Å². The lowest BCUT2D eigenvalue weighted by atomic mass is 9.92. The van der Waals surface area contributed by atoms with Crippen LogP contribution in [0, 0.1) is 5.92 Å². The predicted molar refractivity (Wildman–Crippen MR) is 90.7 cm³/mol. The average Bonchev–Trinajstić information content (AvgIpc) is 2.92. The number of hydrogen-bond donors (Lipinski definition) is 2. The first-order chi connectivity index (χ1) is 11.7. The van der Waals surface area contributed by atoms with Gasteiger partial charge in [0.15, 0.2) is 0 Å². The van der Waals surface area contributed by atoms with Gasteiger partial charge in [-0.25, -0.2) is 14.0 Å². The predicted octanol–water partition coefficient (Wildman–Crippen LogP) is 2.18. The number of rotatable bonds is 5. The number of ether oxygens (including phenoxy) is 2. The van der Waals surface area contributed by atoms with Gasteiger partial charge in [0.25, 0.3) is 0 Å². The number of halogens is 1. The molecule has 2 unspecified atom stereocenters. The fourth-order valence-electron chi connectivity index (χ4n) is 2.57. The lowest BCUT2D eigenvalue weighted by Gasteiger charge is -2.25. The molecule has 0 aliphatic carbocycles. The number of nitrogens with one attached hydrogen (secondary N) is 2. The maximum absolute atomic E-state index is 15.1. The zero-order chi connectivity index (χ0) is 18.5. The van der Waals surface area contributed by atoms with Crippen LogP contribution in [0.25, 0.3) is 0 Å². The first kappa shape index (κ1) is 19.2. The second-order valence-corrected chi connectivity index (χ2v) is 7.13. The molecule has 6 nitrogen and oxygen atoms in total. The normalized spacial score (nSPS) is 23.1. The lowest BCUT2D eigenvalue weighted by Crippen LogP contribution is -2.47. The highest BCUT2D eigenvalue weighted by atomic mass is 19.1. The van der Waals surface area contributed by atoms with Gasteiger partial charge in [0.05, 0.1) is 0 Å². The summed E-state index contributed by atoms with van der Waals surface area (Å²) < 4.78 is 25.4. The van der Waals surface area contributed by atoms with Crippen molar-refractivity contribution in [2.75, 3.05) is 19.6 Å². The summed E-state index contributed by atoms with van der Waals surface area (Å²) in [6, 6.07) is 9.08. The molecule has 1 saturated heterocycles. The zero-order valence-electron chi connectivity index (χ0n) is 14.8. The van der Waals surface area contributed by atoms with Crippen LogP contribution in [0.2, 0.25) is 0 Å². The summed E-state index contributed by atoms with van der Waals surface area (Å²) in [7, 11) is 0. The first-order valence-electron chi connectivity index (χ1n) is 8.28. The molecule has 1 aliphatic rings. The topological polar surface area (TPSA) is 76.7 Å². The molecule has 0 aromatic heterocycles. The maximum atomic E-state index is 15.1. The number of amides is 1. The van der Waals surface area contributed by atoms with E-state index < -0.39 is 29.3 Å². The van der Waals surface area contributed by atoms with Crippen LogP contribution in [0.1, 0.15) is 26.3 Å². The smallest absolute Gasteiger partial charge is 0.407 e. The molecule has 7 heteroatoms. The van der Waals surface area contributed by atoms with Crippen LogP contribution in [0.15, 0.2) is 30.3 Å². The second kappa shape index (κ2) is 7.82.